The van der Waals surface area contributed by atoms with E-state index in [2.05, 4.69) is 30.4 Å². The SMILES string of the molecule is Cc1cccc(CC(CN)CNC(=O)OC(C)(C)C)c1. The van der Waals surface area contributed by atoms with Gasteiger partial charge in [0.15, 0.2) is 0 Å². The monoisotopic (exact) mass is 278 g/mol. The van der Waals surface area contributed by atoms with Crippen molar-refractivity contribution in [2.45, 2.75) is 39.7 Å². The van der Waals surface area contributed by atoms with Crippen molar-refractivity contribution >= 4 is 6.09 Å². The quantitative estimate of drug-likeness (QED) is 0.870. The van der Waals surface area contributed by atoms with Crippen molar-refractivity contribution in [3.63, 3.8) is 0 Å². The molecule has 0 aromatic heterocycles. The van der Waals surface area contributed by atoms with Gasteiger partial charge in [-0.15, -0.1) is 0 Å². The highest BCUT2D eigenvalue weighted by atomic mass is 16.6. The summed E-state index contributed by atoms with van der Waals surface area (Å²) >= 11 is 0. The van der Waals surface area contributed by atoms with E-state index in [9.17, 15) is 4.79 Å². The van der Waals surface area contributed by atoms with Crippen molar-refractivity contribution in [2.24, 2.45) is 11.7 Å². The Morgan fingerprint density at radius 2 is 2.10 bits per heavy atom. The molecule has 0 saturated carbocycles. The van der Waals surface area contributed by atoms with Crippen molar-refractivity contribution < 1.29 is 9.53 Å². The molecule has 0 aliphatic rings. The molecule has 1 atom stereocenters. The summed E-state index contributed by atoms with van der Waals surface area (Å²) in [6.45, 7) is 8.67. The summed E-state index contributed by atoms with van der Waals surface area (Å²) in [7, 11) is 0. The smallest absolute Gasteiger partial charge is 0.407 e. The molecule has 0 bridgehead atoms. The number of hydrogen-bond acceptors (Lipinski definition) is 3. The lowest BCUT2D eigenvalue weighted by atomic mass is 9.98. The lowest BCUT2D eigenvalue weighted by Crippen LogP contribution is -2.37. The van der Waals surface area contributed by atoms with Gasteiger partial charge < -0.3 is 15.8 Å². The van der Waals surface area contributed by atoms with Gasteiger partial charge in [-0.2, -0.15) is 0 Å². The summed E-state index contributed by atoms with van der Waals surface area (Å²) in [6, 6.07) is 8.35. The van der Waals surface area contributed by atoms with Crippen LogP contribution in [-0.4, -0.2) is 24.8 Å². The molecule has 20 heavy (non-hydrogen) atoms. The van der Waals surface area contributed by atoms with Gasteiger partial charge in [-0.1, -0.05) is 29.8 Å². The Bertz CT molecular complexity index is 438. The molecule has 1 amide bonds. The average molecular weight is 278 g/mol. The Morgan fingerprint density at radius 3 is 2.65 bits per heavy atom. The Morgan fingerprint density at radius 1 is 1.40 bits per heavy atom. The van der Waals surface area contributed by atoms with E-state index in [4.69, 9.17) is 10.5 Å². The van der Waals surface area contributed by atoms with Gasteiger partial charge in [0.2, 0.25) is 0 Å². The second-order valence-corrected chi connectivity index (χ2v) is 6.18. The fraction of sp³-hybridized carbons (Fsp3) is 0.562. The minimum Gasteiger partial charge on any atom is -0.444 e. The number of nitrogens with two attached hydrogens (primary N) is 1. The van der Waals surface area contributed by atoms with E-state index in [1.807, 2.05) is 26.8 Å². The topological polar surface area (TPSA) is 64.3 Å². The molecule has 4 nitrogen and oxygen atoms in total. The third-order valence-electron chi connectivity index (χ3n) is 2.87. The highest BCUT2D eigenvalue weighted by molar-refractivity contribution is 5.67. The summed E-state index contributed by atoms with van der Waals surface area (Å²) in [6.07, 6.45) is 0.466. The van der Waals surface area contributed by atoms with E-state index >= 15 is 0 Å². The van der Waals surface area contributed by atoms with Crippen molar-refractivity contribution in [1.82, 2.24) is 5.32 Å². The standard InChI is InChI=1S/C16H26N2O2/c1-12-6-5-7-13(8-12)9-14(10-17)11-18-15(19)20-16(2,3)4/h5-8,14H,9-11,17H2,1-4H3,(H,18,19). The summed E-state index contributed by atoms with van der Waals surface area (Å²) in [5, 5.41) is 2.78. The third-order valence-corrected chi connectivity index (χ3v) is 2.87. The molecule has 0 radical (unpaired) electrons. The first-order chi connectivity index (χ1) is 9.30. The highest BCUT2D eigenvalue weighted by Gasteiger charge is 2.17. The number of nitrogens with one attached hydrogen (secondary N) is 1. The number of carbonyl (C=O) groups excluding carboxylic acids is 1. The zero-order chi connectivity index (χ0) is 15.2. The number of benzene rings is 1. The van der Waals surface area contributed by atoms with Crippen LogP contribution in [0.4, 0.5) is 4.79 Å². The fourth-order valence-corrected chi connectivity index (χ4v) is 1.95. The number of rotatable bonds is 5. The van der Waals surface area contributed by atoms with Crippen LogP contribution < -0.4 is 11.1 Å². The molecule has 4 heteroatoms. The van der Waals surface area contributed by atoms with Gasteiger partial charge in [-0.3, -0.25) is 0 Å². The van der Waals surface area contributed by atoms with E-state index < -0.39 is 5.60 Å². The lowest BCUT2D eigenvalue weighted by Gasteiger charge is -2.21. The first-order valence-electron chi connectivity index (χ1n) is 7.02. The van der Waals surface area contributed by atoms with E-state index in [1.165, 1.54) is 11.1 Å². The van der Waals surface area contributed by atoms with Gasteiger partial charge in [-0.05, 0) is 52.1 Å². The summed E-state index contributed by atoms with van der Waals surface area (Å²) in [4.78, 5) is 11.6. The zero-order valence-electron chi connectivity index (χ0n) is 12.9. The first kappa shape index (κ1) is 16.5. The highest BCUT2D eigenvalue weighted by Crippen LogP contribution is 2.10. The van der Waals surface area contributed by atoms with Crippen molar-refractivity contribution in [3.05, 3.63) is 35.4 Å². The van der Waals surface area contributed by atoms with Crippen LogP contribution >= 0.6 is 0 Å². The van der Waals surface area contributed by atoms with E-state index in [0.717, 1.165) is 6.42 Å². The molecule has 0 saturated heterocycles. The van der Waals surface area contributed by atoms with Crippen LogP contribution in [-0.2, 0) is 11.2 Å². The number of carbonyl (C=O) groups is 1. The molecule has 1 aromatic rings. The largest absolute Gasteiger partial charge is 0.444 e. The second kappa shape index (κ2) is 7.29. The number of ether oxygens (including phenoxy) is 1. The normalized spacial score (nSPS) is 12.8. The van der Waals surface area contributed by atoms with Gasteiger partial charge >= 0.3 is 6.09 Å². The zero-order valence-corrected chi connectivity index (χ0v) is 12.9. The first-order valence-corrected chi connectivity index (χ1v) is 7.02. The van der Waals surface area contributed by atoms with E-state index in [-0.39, 0.29) is 12.0 Å². The maximum atomic E-state index is 11.6. The predicted molar refractivity (Wildman–Crippen MR) is 81.7 cm³/mol. The third kappa shape index (κ3) is 6.57. The van der Waals surface area contributed by atoms with Crippen LogP contribution in [0.1, 0.15) is 31.9 Å². The fourth-order valence-electron chi connectivity index (χ4n) is 1.95. The summed E-state index contributed by atoms with van der Waals surface area (Å²) in [5.41, 5.74) is 7.78. The van der Waals surface area contributed by atoms with Crippen LogP contribution in [0.15, 0.2) is 24.3 Å². The Labute approximate surface area is 121 Å². The van der Waals surface area contributed by atoms with Crippen LogP contribution in [0.25, 0.3) is 0 Å². The van der Waals surface area contributed by atoms with Gasteiger partial charge in [-0.25, -0.2) is 4.79 Å². The second-order valence-electron chi connectivity index (χ2n) is 6.18. The molecule has 0 aliphatic heterocycles. The molecule has 0 spiro atoms. The van der Waals surface area contributed by atoms with Crippen LogP contribution in [0.3, 0.4) is 0 Å². The molecule has 1 rings (SSSR count). The number of amides is 1. The minimum absolute atomic E-state index is 0.212. The molecule has 0 heterocycles. The van der Waals surface area contributed by atoms with Gasteiger partial charge in [0.05, 0.1) is 0 Å². The van der Waals surface area contributed by atoms with Crippen LogP contribution in [0, 0.1) is 12.8 Å². The molecule has 112 valence electrons. The Kier molecular flexibility index (Phi) is 6.02. The molecule has 1 unspecified atom stereocenters. The predicted octanol–water partition coefficient (Wildman–Crippen LogP) is 2.64. The molecule has 1 aromatic carbocycles. The van der Waals surface area contributed by atoms with E-state index in [0.29, 0.717) is 13.1 Å². The maximum Gasteiger partial charge on any atom is 0.407 e. The van der Waals surface area contributed by atoms with Gasteiger partial charge in [0.1, 0.15) is 5.60 Å². The number of aryl methyl sites for hydroxylation is 1. The lowest BCUT2D eigenvalue weighted by molar-refractivity contribution is 0.0520. The van der Waals surface area contributed by atoms with Crippen molar-refractivity contribution in [2.75, 3.05) is 13.1 Å². The number of alkyl carbamates (subject to hydrolysis) is 1. The summed E-state index contributed by atoms with van der Waals surface area (Å²) < 4.78 is 5.21. The van der Waals surface area contributed by atoms with E-state index in [1.54, 1.807) is 0 Å². The number of hydrogen-bond donors (Lipinski definition) is 2. The van der Waals surface area contributed by atoms with Crippen molar-refractivity contribution in [1.29, 1.82) is 0 Å². The summed E-state index contributed by atoms with van der Waals surface area (Å²) in [5.74, 6) is 0.212. The Balaban J connectivity index is 2.46. The Hall–Kier alpha value is -1.55. The average Bonchev–Trinajstić information content (AvgIpc) is 2.32. The van der Waals surface area contributed by atoms with Gasteiger partial charge in [0, 0.05) is 6.54 Å². The van der Waals surface area contributed by atoms with Crippen molar-refractivity contribution in [3.8, 4) is 0 Å². The molecular weight excluding hydrogens is 252 g/mol. The van der Waals surface area contributed by atoms with Crippen LogP contribution in [0.5, 0.6) is 0 Å². The van der Waals surface area contributed by atoms with Gasteiger partial charge in [0.25, 0.3) is 0 Å². The minimum atomic E-state index is -0.473. The molecule has 0 fully saturated rings. The molecule has 3 N–H and O–H groups in total. The molecular formula is C16H26N2O2. The molecule has 0 aliphatic carbocycles. The van der Waals surface area contributed by atoms with Crippen LogP contribution in [0.2, 0.25) is 0 Å². The maximum absolute atomic E-state index is 11.6.